The van der Waals surface area contributed by atoms with Crippen molar-refractivity contribution in [3.05, 3.63) is 339 Å². The molecule has 4 atom stereocenters. The van der Waals surface area contributed by atoms with Crippen LogP contribution in [0.15, 0.2) is 262 Å². The van der Waals surface area contributed by atoms with Crippen LogP contribution in [0.25, 0.3) is 11.3 Å². The number of aromatic amines is 1. The third-order valence-electron chi connectivity index (χ3n) is 23.7. The molecule has 22 rings (SSSR count). The molecule has 5 saturated carbocycles. The SMILES string of the molecule is NC1CC1.NCC(=O)c1ccccc1.O=C(CCC(=O)C1COc2ccc(Oc3ccnc(C(=O)NC4CC4)c3)cc2C1)c1ccccc1.O=C(NC1CC1)c1cc(Cl)ccn1.O=C(NC1CC1)c1cc(Oc2ccc3c(c2)CC(C(=O)O)CO3)ccn1.O=C(NC1CC1)c1cc(Oc2ccc3c(c2)CC(c2ncc(-c4ccccc4)[nH]2)CO3)ccn1.O=C(O)C1COc2ccc(O)cc2C1.O=C(O)c1cc(Cl)ccn1. The highest BCUT2D eigenvalue weighted by atomic mass is 35.5. The van der Waals surface area contributed by atoms with Crippen LogP contribution >= 0.6 is 23.2 Å². The number of halogens is 2. The first-order chi connectivity index (χ1) is 70.7. The van der Waals surface area contributed by atoms with E-state index in [0.29, 0.717) is 135 Å². The van der Waals surface area contributed by atoms with Crippen LogP contribution in [-0.2, 0) is 40.1 Å². The van der Waals surface area contributed by atoms with Gasteiger partial charge in [-0.15, -0.1) is 0 Å². The number of benzene rings is 7. The Morgan fingerprint density at radius 2 is 0.726 bits per heavy atom. The summed E-state index contributed by atoms with van der Waals surface area (Å²) < 4.78 is 40.5. The van der Waals surface area contributed by atoms with Crippen LogP contribution in [0.5, 0.6) is 63.2 Å². The molecule has 5 fully saturated rings. The number of pyridine rings is 5. The summed E-state index contributed by atoms with van der Waals surface area (Å²) in [6.07, 6.45) is 22.7. The number of imidazole rings is 1. The number of Topliss-reactive ketones (excluding diaryl/α,β-unsaturated/α-hetero) is 3. The number of aromatic hydroxyl groups is 1. The van der Waals surface area contributed by atoms with E-state index in [1.807, 2.05) is 91.1 Å². The molecule has 4 aliphatic heterocycles. The quantitative estimate of drug-likeness (QED) is 0.0224. The lowest BCUT2D eigenvalue weighted by Gasteiger charge is -2.25. The topological polar surface area (TPSA) is 510 Å². The van der Waals surface area contributed by atoms with Gasteiger partial charge in [-0.3, -0.25) is 63.1 Å². The number of amides is 4. The van der Waals surface area contributed by atoms with Gasteiger partial charge >= 0.3 is 17.9 Å². The number of hydrogen-bond acceptors (Lipinski definition) is 26. The van der Waals surface area contributed by atoms with Gasteiger partial charge in [-0.2, -0.15) is 0 Å². The second-order valence-electron chi connectivity index (χ2n) is 35.7. The van der Waals surface area contributed by atoms with E-state index in [1.165, 1.54) is 49.6 Å². The smallest absolute Gasteiger partial charge is 0.354 e. The number of fused-ring (bicyclic) bond motifs is 4. The van der Waals surface area contributed by atoms with Crippen molar-refractivity contribution in [2.24, 2.45) is 29.2 Å². The minimum absolute atomic E-state index is 0.0133. The van der Waals surface area contributed by atoms with Crippen molar-refractivity contribution < 1.29 is 102 Å². The van der Waals surface area contributed by atoms with E-state index in [4.69, 9.17) is 83.1 Å². The average Bonchev–Trinajstić information content (AvgIpc) is 1.50. The Bertz CT molecular complexity index is 6810. The summed E-state index contributed by atoms with van der Waals surface area (Å²) >= 11 is 11.2. The molecular weight excluding hydrogens is 1910 g/mol. The Labute approximate surface area is 849 Å². The van der Waals surface area contributed by atoms with Crippen LogP contribution < -0.4 is 65.9 Å². The molecule has 0 bridgehead atoms. The number of nitrogens with zero attached hydrogens (tertiary/aromatic N) is 6. The van der Waals surface area contributed by atoms with Crippen LogP contribution in [0.4, 0.5) is 0 Å². The van der Waals surface area contributed by atoms with Crippen LogP contribution in [0, 0.1) is 17.8 Å². The van der Waals surface area contributed by atoms with Crippen molar-refractivity contribution >= 4 is 82.1 Å². The first-order valence-corrected chi connectivity index (χ1v) is 48.5. The van der Waals surface area contributed by atoms with Crippen LogP contribution in [0.3, 0.4) is 0 Å². The van der Waals surface area contributed by atoms with Gasteiger partial charge in [-0.25, -0.2) is 14.8 Å². The lowest BCUT2D eigenvalue weighted by Crippen LogP contribution is -2.28. The van der Waals surface area contributed by atoms with E-state index in [2.05, 4.69) is 68.3 Å². The summed E-state index contributed by atoms with van der Waals surface area (Å²) in [6.45, 7) is 1.33. The molecule has 5 aliphatic carbocycles. The van der Waals surface area contributed by atoms with Crippen molar-refractivity contribution in [2.75, 3.05) is 33.0 Å². The maximum Gasteiger partial charge on any atom is 0.354 e. The first-order valence-electron chi connectivity index (χ1n) is 47.7. The second-order valence-corrected chi connectivity index (χ2v) is 36.6. The second kappa shape index (κ2) is 50.6. The number of aromatic nitrogens is 7. The van der Waals surface area contributed by atoms with E-state index in [1.54, 1.807) is 122 Å². The number of H-pyrrole nitrogens is 1. The van der Waals surface area contributed by atoms with E-state index < -0.39 is 29.7 Å². The van der Waals surface area contributed by atoms with Crippen LogP contribution in [0.2, 0.25) is 10.0 Å². The number of nitrogens with one attached hydrogen (secondary N) is 5. The molecule has 146 heavy (non-hydrogen) atoms. The van der Waals surface area contributed by atoms with Gasteiger partial charge in [0.15, 0.2) is 11.6 Å². The highest BCUT2D eigenvalue weighted by molar-refractivity contribution is 6.31. The molecule has 13 aromatic rings. The van der Waals surface area contributed by atoms with Gasteiger partial charge in [0.1, 0.15) is 117 Å². The highest BCUT2D eigenvalue weighted by Crippen LogP contribution is 2.40. The fourth-order valence-corrected chi connectivity index (χ4v) is 15.3. The van der Waals surface area contributed by atoms with E-state index in [-0.39, 0.29) is 115 Å². The van der Waals surface area contributed by atoms with Gasteiger partial charge < -0.3 is 91.3 Å². The molecule has 6 aromatic heterocycles. The molecule has 13 N–H and O–H groups in total. The normalized spacial score (nSPS) is 16.4. The number of rotatable bonds is 26. The van der Waals surface area contributed by atoms with Gasteiger partial charge in [-0.1, -0.05) is 114 Å². The van der Waals surface area contributed by atoms with Gasteiger partial charge in [0, 0.05) is 113 Å². The summed E-state index contributed by atoms with van der Waals surface area (Å²) in [5, 5.41) is 48.1. The average molecular weight is 2020 g/mol. The molecule has 9 aliphatic rings. The number of aromatic carboxylic acids is 1. The summed E-state index contributed by atoms with van der Waals surface area (Å²) in [5.74, 6) is 2.58. The molecule has 7 aromatic carbocycles. The van der Waals surface area contributed by atoms with Crippen molar-refractivity contribution in [3.8, 4) is 74.5 Å². The summed E-state index contributed by atoms with van der Waals surface area (Å²) in [7, 11) is 0. The molecule has 36 heteroatoms. The van der Waals surface area contributed by atoms with Crippen molar-refractivity contribution in [1.29, 1.82) is 0 Å². The molecule has 4 amide bonds. The highest BCUT2D eigenvalue weighted by Gasteiger charge is 2.34. The zero-order chi connectivity index (χ0) is 103. The Hall–Kier alpha value is -16.3. The minimum Gasteiger partial charge on any atom is -0.508 e. The first kappa shape index (κ1) is 104. The Balaban J connectivity index is 0.000000134. The number of phenolic OH excluding ortho intramolecular Hbond substituents is 1. The number of carbonyl (C=O) groups excluding carboxylic acids is 7. The Morgan fingerprint density at radius 3 is 1.12 bits per heavy atom. The molecule has 0 radical (unpaired) electrons. The summed E-state index contributed by atoms with van der Waals surface area (Å²) in [5.41, 5.74) is 18.6. The zero-order valence-corrected chi connectivity index (χ0v) is 80.7. The monoisotopic (exact) mass is 2020 g/mol. The molecule has 34 nitrogen and oxygen atoms in total. The Kier molecular flexibility index (Phi) is 36.0. The number of carboxylic acids is 3. The largest absolute Gasteiger partial charge is 0.508 e. The van der Waals surface area contributed by atoms with Gasteiger partial charge in [0.2, 0.25) is 0 Å². The molecular formula is C110H107Cl2N13O21. The Morgan fingerprint density at radius 1 is 0.377 bits per heavy atom. The molecule has 752 valence electrons. The van der Waals surface area contributed by atoms with Gasteiger partial charge in [0.05, 0.1) is 55.3 Å². The van der Waals surface area contributed by atoms with Gasteiger partial charge in [-0.05, 0) is 233 Å². The third kappa shape index (κ3) is 32.1. The number of ketones is 3. The molecule has 0 saturated heterocycles. The van der Waals surface area contributed by atoms with Crippen LogP contribution in [0.1, 0.15) is 184 Å². The number of nitrogens with two attached hydrogens (primary N) is 2. The fraction of sp³-hybridized carbons (Fsp3) is 0.273. The zero-order valence-electron chi connectivity index (χ0n) is 79.2. The maximum absolute atomic E-state index is 12.8. The number of aliphatic carboxylic acids is 2. The molecule has 10 heterocycles. The van der Waals surface area contributed by atoms with E-state index in [9.17, 15) is 53.1 Å². The lowest BCUT2D eigenvalue weighted by atomic mass is 9.90. The number of carbonyl (C=O) groups is 10. The number of phenols is 1. The third-order valence-corrected chi connectivity index (χ3v) is 24.2. The van der Waals surface area contributed by atoms with Crippen molar-refractivity contribution in [1.82, 2.24) is 56.2 Å². The van der Waals surface area contributed by atoms with E-state index in [0.717, 1.165) is 109 Å². The van der Waals surface area contributed by atoms with E-state index >= 15 is 0 Å². The maximum atomic E-state index is 12.8. The van der Waals surface area contributed by atoms with Crippen molar-refractivity contribution in [2.45, 2.75) is 139 Å². The standard InChI is InChI=1S/C28H26N2O5.C27H24N4O3.C19H18N2O5.C10H10O4.C9H9ClN2O.C8H9NO.C6H4ClNO2.C3H7N/c31-25(18-4-2-1-3-5-18)9-10-26(32)20-14-19-15-22(8-11-27(19)34-17-20)35-23-12-13-29-24(16-23)28(33)30-21-6-7-21;32-27(30-20-6-7-20)23-14-22(10-11-28-23)34-21-8-9-25-18(13-21)12-19(16-33-25)26-29-15-24(31-26)17-4-2-1-3-5-17;22-18(21-13-1-2-13)16-9-15(5-6-20-16)26-14-3-4-17-11(8-14)7-12(10-25-17)19(23)24;11-8-1-2-9-6(4-8)3-7(5-14-9)10(12)13;10-6-3-4-11-8(5-6)9(13)12-7-1-2-7;9-6-8(10)7-4-2-1-3-5-7;7-4-1-2-8-5(3-4)6(9)10;4-3-1-2-3/h1-5,8,11-13,15-16,20-21H,6-7,9-10,14,17H2,(H,30,33);1-5,8-11,13-15,19-20H,6-7,12,16H2,(H,29,31)(H,30,32);3-6,8-9,12-13H,1-2,7,10H2,(H,21,22)(H,23,24);1-2,4,7,11H,3,5H2,(H,12,13);3-5,7H,1-2H2,(H,12,13);1-5H,6,9H2;1-3H,(H,9,10);3H,1-2,4H2. The predicted octanol–water partition coefficient (Wildman–Crippen LogP) is 16.8. The summed E-state index contributed by atoms with van der Waals surface area (Å²) in [4.78, 5) is 144. The fourth-order valence-electron chi connectivity index (χ4n) is 14.9. The minimum atomic E-state index is -1.07. The number of carboxylic acid groups (broad SMARTS) is 3. The molecule has 4 unspecified atom stereocenters. The summed E-state index contributed by atoms with van der Waals surface area (Å²) in [6, 6.07) is 67.3. The lowest BCUT2D eigenvalue weighted by molar-refractivity contribution is -0.144. The van der Waals surface area contributed by atoms with Crippen LogP contribution in [-0.4, -0.2) is 177 Å². The molecule has 0 spiro atoms. The number of hydrogen-bond donors (Lipinski definition) is 11. The number of ether oxygens (including phenoxy) is 7. The van der Waals surface area contributed by atoms with Gasteiger partial charge in [0.25, 0.3) is 23.6 Å². The predicted molar refractivity (Wildman–Crippen MR) is 539 cm³/mol. The van der Waals surface area contributed by atoms with Crippen molar-refractivity contribution in [3.63, 3.8) is 0 Å².